The zero-order valence-electron chi connectivity index (χ0n) is 15.5. The van der Waals surface area contributed by atoms with Gasteiger partial charge in [0.1, 0.15) is 5.52 Å². The molecule has 1 fully saturated rings. The predicted molar refractivity (Wildman–Crippen MR) is 111 cm³/mol. The highest BCUT2D eigenvalue weighted by atomic mass is 35.5. The predicted octanol–water partition coefficient (Wildman–Crippen LogP) is 1.63. The molecule has 3 aromatic rings. The number of carboxylic acid groups (broad SMARTS) is 1. The molecule has 5 N–H and O–H groups in total. The Morgan fingerprint density at radius 1 is 1.38 bits per heavy atom. The molecule has 1 atom stereocenters. The number of sulfonamides is 1. The highest BCUT2D eigenvalue weighted by molar-refractivity contribution is 7.89. The molecule has 1 aliphatic carbocycles. The number of pyridine rings is 1. The smallest absolute Gasteiger partial charge is 0.337 e. The number of carboxylic acids is 1. The molecular weight excluding hydrogens is 420 g/mol. The van der Waals surface area contributed by atoms with E-state index >= 15 is 0 Å². The van der Waals surface area contributed by atoms with Crippen molar-refractivity contribution < 1.29 is 18.3 Å². The van der Waals surface area contributed by atoms with Crippen LogP contribution in [0.2, 0.25) is 0 Å². The number of nitrogens with one attached hydrogen (secondary N) is 2. The van der Waals surface area contributed by atoms with Gasteiger partial charge in [0, 0.05) is 41.1 Å². The SMILES string of the molecule is C[C@@H](N)CN(C1CC1)S(=O)(=O)c1ccc2[nH]c(=O)c3[nH]cc(C(=O)O)c3c2c1.Cl. The van der Waals surface area contributed by atoms with Crippen molar-refractivity contribution in [1.82, 2.24) is 14.3 Å². The van der Waals surface area contributed by atoms with Gasteiger partial charge in [0.25, 0.3) is 5.56 Å². The number of carbonyl (C=O) groups is 1. The van der Waals surface area contributed by atoms with E-state index in [-0.39, 0.29) is 52.4 Å². The number of aromatic amines is 2. The fourth-order valence-electron chi connectivity index (χ4n) is 3.46. The first-order chi connectivity index (χ1) is 13.2. The van der Waals surface area contributed by atoms with Crippen LogP contribution < -0.4 is 11.3 Å². The van der Waals surface area contributed by atoms with Crippen molar-refractivity contribution in [3.05, 3.63) is 40.3 Å². The Labute approximate surface area is 172 Å². The lowest BCUT2D eigenvalue weighted by Gasteiger charge is -2.23. The molecule has 1 aromatic carbocycles. The average molecular weight is 441 g/mol. The number of benzene rings is 1. The molecule has 0 radical (unpaired) electrons. The first-order valence-corrected chi connectivity index (χ1v) is 10.3. The maximum Gasteiger partial charge on any atom is 0.337 e. The summed E-state index contributed by atoms with van der Waals surface area (Å²) in [5.74, 6) is -1.21. The van der Waals surface area contributed by atoms with Crippen LogP contribution in [-0.2, 0) is 10.0 Å². The second-order valence-electron chi connectivity index (χ2n) is 7.20. The number of hydrogen-bond acceptors (Lipinski definition) is 5. The van der Waals surface area contributed by atoms with Gasteiger partial charge in [-0.1, -0.05) is 0 Å². The number of aromatic carboxylic acids is 1. The molecule has 156 valence electrons. The van der Waals surface area contributed by atoms with E-state index in [1.165, 1.54) is 28.7 Å². The van der Waals surface area contributed by atoms with Crippen molar-refractivity contribution in [2.75, 3.05) is 6.54 Å². The molecule has 9 nitrogen and oxygen atoms in total. The number of H-pyrrole nitrogens is 2. The van der Waals surface area contributed by atoms with Crippen LogP contribution in [-0.4, -0.2) is 52.4 Å². The zero-order valence-corrected chi connectivity index (χ0v) is 17.1. The van der Waals surface area contributed by atoms with Gasteiger partial charge < -0.3 is 20.8 Å². The van der Waals surface area contributed by atoms with Gasteiger partial charge in [-0.05, 0) is 38.0 Å². The summed E-state index contributed by atoms with van der Waals surface area (Å²) in [4.78, 5) is 29.1. The maximum absolute atomic E-state index is 13.2. The van der Waals surface area contributed by atoms with Gasteiger partial charge >= 0.3 is 5.97 Å². The summed E-state index contributed by atoms with van der Waals surface area (Å²) in [5.41, 5.74) is 5.74. The summed E-state index contributed by atoms with van der Waals surface area (Å²) in [6.07, 6.45) is 2.81. The Bertz CT molecular complexity index is 1260. The molecular formula is C18H21ClN4O5S. The Kier molecular flexibility index (Phi) is 5.48. The summed E-state index contributed by atoms with van der Waals surface area (Å²) in [5, 5.41) is 9.99. The molecule has 0 aliphatic heterocycles. The van der Waals surface area contributed by atoms with Crippen LogP contribution in [0.4, 0.5) is 0 Å². The molecule has 0 bridgehead atoms. The highest BCUT2D eigenvalue weighted by Gasteiger charge is 2.38. The Hall–Kier alpha value is -2.40. The average Bonchev–Trinajstić information content (AvgIpc) is 3.35. The van der Waals surface area contributed by atoms with Gasteiger partial charge in [-0.25, -0.2) is 13.2 Å². The molecule has 0 amide bonds. The van der Waals surface area contributed by atoms with Crippen molar-refractivity contribution >= 4 is 50.2 Å². The molecule has 0 unspecified atom stereocenters. The second-order valence-corrected chi connectivity index (χ2v) is 9.09. The van der Waals surface area contributed by atoms with E-state index in [2.05, 4.69) is 9.97 Å². The summed E-state index contributed by atoms with van der Waals surface area (Å²) in [6, 6.07) is 3.94. The lowest BCUT2D eigenvalue weighted by molar-refractivity contribution is 0.0699. The fourth-order valence-corrected chi connectivity index (χ4v) is 5.27. The highest BCUT2D eigenvalue weighted by Crippen LogP contribution is 2.34. The monoisotopic (exact) mass is 440 g/mol. The Morgan fingerprint density at radius 3 is 2.66 bits per heavy atom. The van der Waals surface area contributed by atoms with Crippen LogP contribution in [0.3, 0.4) is 0 Å². The van der Waals surface area contributed by atoms with Crippen LogP contribution in [0.1, 0.15) is 30.1 Å². The zero-order chi connectivity index (χ0) is 20.2. The molecule has 1 aliphatic rings. The van der Waals surface area contributed by atoms with Crippen LogP contribution in [0.25, 0.3) is 21.8 Å². The standard InChI is InChI=1S/C18H20N4O5S.ClH/c1-9(19)8-22(10-2-3-10)28(26,27)11-4-5-14-12(6-11)15-13(18(24)25)7-20-16(15)17(23)21-14;/h4-7,9-10,20H,2-3,8,19H2,1H3,(H,21,23)(H,24,25);1H/t9-;/m1./s1. The Morgan fingerprint density at radius 2 is 2.07 bits per heavy atom. The number of halogens is 1. The van der Waals surface area contributed by atoms with Gasteiger partial charge in [0.15, 0.2) is 0 Å². The third kappa shape index (κ3) is 3.64. The second kappa shape index (κ2) is 7.45. The fraction of sp³-hybridized carbons (Fsp3) is 0.333. The van der Waals surface area contributed by atoms with E-state index in [4.69, 9.17) is 5.73 Å². The van der Waals surface area contributed by atoms with Crippen LogP contribution in [0.15, 0.2) is 34.1 Å². The van der Waals surface area contributed by atoms with Crippen molar-refractivity contribution in [3.8, 4) is 0 Å². The number of hydrogen-bond donors (Lipinski definition) is 4. The van der Waals surface area contributed by atoms with E-state index in [0.29, 0.717) is 10.9 Å². The van der Waals surface area contributed by atoms with E-state index in [9.17, 15) is 23.1 Å². The minimum absolute atomic E-state index is 0. The summed E-state index contributed by atoms with van der Waals surface area (Å²) >= 11 is 0. The van der Waals surface area contributed by atoms with Crippen LogP contribution >= 0.6 is 12.4 Å². The number of nitrogens with two attached hydrogens (primary N) is 1. The largest absolute Gasteiger partial charge is 0.478 e. The van der Waals surface area contributed by atoms with Gasteiger partial charge in [0.2, 0.25) is 10.0 Å². The van der Waals surface area contributed by atoms with E-state index < -0.39 is 21.6 Å². The number of rotatable bonds is 6. The van der Waals surface area contributed by atoms with Gasteiger partial charge in [-0.15, -0.1) is 12.4 Å². The summed E-state index contributed by atoms with van der Waals surface area (Å²) < 4.78 is 27.9. The number of fused-ring (bicyclic) bond motifs is 3. The van der Waals surface area contributed by atoms with E-state index in [1.54, 1.807) is 6.92 Å². The van der Waals surface area contributed by atoms with Crippen molar-refractivity contribution in [3.63, 3.8) is 0 Å². The summed E-state index contributed by atoms with van der Waals surface area (Å²) in [7, 11) is -3.82. The van der Waals surface area contributed by atoms with Crippen LogP contribution in [0, 0.1) is 0 Å². The van der Waals surface area contributed by atoms with E-state index in [1.807, 2.05) is 0 Å². The van der Waals surface area contributed by atoms with Gasteiger partial charge in [-0.3, -0.25) is 4.79 Å². The lowest BCUT2D eigenvalue weighted by Crippen LogP contribution is -2.41. The van der Waals surface area contributed by atoms with Crippen molar-refractivity contribution in [2.45, 2.75) is 36.7 Å². The number of aromatic nitrogens is 2. The molecule has 0 saturated heterocycles. The first-order valence-electron chi connectivity index (χ1n) is 8.88. The van der Waals surface area contributed by atoms with Crippen molar-refractivity contribution in [1.29, 1.82) is 0 Å². The maximum atomic E-state index is 13.2. The Balaban J connectivity index is 0.00000240. The van der Waals surface area contributed by atoms with Gasteiger partial charge in [0.05, 0.1) is 10.5 Å². The molecule has 1 saturated carbocycles. The molecule has 4 rings (SSSR count). The van der Waals surface area contributed by atoms with E-state index in [0.717, 1.165) is 12.8 Å². The molecule has 2 aromatic heterocycles. The lowest BCUT2D eigenvalue weighted by atomic mass is 10.1. The molecule has 0 spiro atoms. The molecule has 29 heavy (non-hydrogen) atoms. The number of nitrogens with zero attached hydrogens (tertiary/aromatic N) is 1. The third-order valence-electron chi connectivity index (χ3n) is 4.87. The minimum atomic E-state index is -3.82. The topological polar surface area (TPSA) is 149 Å². The normalized spacial score (nSPS) is 15.6. The molecule has 2 heterocycles. The summed E-state index contributed by atoms with van der Waals surface area (Å²) in [6.45, 7) is 1.95. The quantitative estimate of drug-likeness (QED) is 0.457. The third-order valence-corrected chi connectivity index (χ3v) is 6.79. The van der Waals surface area contributed by atoms with Crippen molar-refractivity contribution in [2.24, 2.45) is 5.73 Å². The first kappa shape index (κ1) is 21.3. The minimum Gasteiger partial charge on any atom is -0.478 e. The van der Waals surface area contributed by atoms with Gasteiger partial charge in [-0.2, -0.15) is 4.31 Å². The molecule has 11 heteroatoms. The van der Waals surface area contributed by atoms with Crippen LogP contribution in [0.5, 0.6) is 0 Å².